The number of aromatic nitrogens is 2. The molecule has 20 heavy (non-hydrogen) atoms. The Morgan fingerprint density at radius 3 is 2.80 bits per heavy atom. The van der Waals surface area contributed by atoms with Crippen LogP contribution in [0, 0.1) is 5.82 Å². The highest BCUT2D eigenvalue weighted by molar-refractivity contribution is 7.90. The van der Waals surface area contributed by atoms with Gasteiger partial charge in [-0.1, -0.05) is 0 Å². The van der Waals surface area contributed by atoms with Crippen LogP contribution in [-0.4, -0.2) is 24.2 Å². The molecule has 0 saturated carbocycles. The number of halogens is 1. The van der Waals surface area contributed by atoms with Gasteiger partial charge < -0.3 is 9.88 Å². The van der Waals surface area contributed by atoms with Gasteiger partial charge in [0, 0.05) is 25.2 Å². The summed E-state index contributed by atoms with van der Waals surface area (Å²) in [6.45, 7) is 3.07. The predicted octanol–water partition coefficient (Wildman–Crippen LogP) is 2.06. The molecule has 0 aliphatic rings. The van der Waals surface area contributed by atoms with Crippen LogP contribution >= 0.6 is 0 Å². The van der Waals surface area contributed by atoms with Gasteiger partial charge in [0.1, 0.15) is 11.6 Å². The molecular formula is C13H16FN3O2S. The van der Waals surface area contributed by atoms with E-state index < -0.39 is 15.7 Å². The van der Waals surface area contributed by atoms with Gasteiger partial charge in [-0.2, -0.15) is 0 Å². The molecule has 0 saturated heterocycles. The van der Waals surface area contributed by atoms with Crippen molar-refractivity contribution in [3.8, 4) is 0 Å². The maximum absolute atomic E-state index is 13.7. The quantitative estimate of drug-likeness (QED) is 0.858. The third-order valence-corrected chi connectivity index (χ3v) is 4.06. The highest BCUT2D eigenvalue weighted by Gasteiger charge is 2.11. The van der Waals surface area contributed by atoms with Crippen LogP contribution in [0.5, 0.6) is 0 Å². The molecule has 5 nitrogen and oxygen atoms in total. The number of rotatable bonds is 5. The Morgan fingerprint density at radius 1 is 1.40 bits per heavy atom. The summed E-state index contributed by atoms with van der Waals surface area (Å²) in [5.41, 5.74) is 0.151. The second-order valence-corrected chi connectivity index (χ2v) is 6.41. The summed E-state index contributed by atoms with van der Waals surface area (Å²) in [6.07, 6.45) is 4.60. The molecular weight excluding hydrogens is 281 g/mol. The summed E-state index contributed by atoms with van der Waals surface area (Å²) < 4.78 is 38.5. The second-order valence-electron chi connectivity index (χ2n) is 4.40. The highest BCUT2D eigenvalue weighted by atomic mass is 32.2. The Labute approximate surface area is 117 Å². The van der Waals surface area contributed by atoms with Gasteiger partial charge in [0.05, 0.1) is 17.1 Å². The Balaban J connectivity index is 2.21. The van der Waals surface area contributed by atoms with Crippen molar-refractivity contribution in [1.82, 2.24) is 9.55 Å². The summed E-state index contributed by atoms with van der Waals surface area (Å²) in [5, 5.41) is 2.88. The van der Waals surface area contributed by atoms with E-state index in [1.165, 1.54) is 12.1 Å². The first-order chi connectivity index (χ1) is 9.41. The Kier molecular flexibility index (Phi) is 4.08. The predicted molar refractivity (Wildman–Crippen MR) is 74.7 cm³/mol. The van der Waals surface area contributed by atoms with Gasteiger partial charge in [-0.15, -0.1) is 0 Å². The minimum Gasteiger partial charge on any atom is -0.375 e. The minimum absolute atomic E-state index is 0.0835. The molecule has 0 spiro atoms. The molecule has 0 fully saturated rings. The van der Waals surface area contributed by atoms with Gasteiger partial charge in [-0.25, -0.2) is 17.8 Å². The average Bonchev–Trinajstić information content (AvgIpc) is 2.83. The van der Waals surface area contributed by atoms with Crippen molar-refractivity contribution in [1.29, 1.82) is 0 Å². The number of nitrogens with zero attached hydrogens (tertiary/aromatic N) is 2. The van der Waals surface area contributed by atoms with Crippen LogP contribution in [0.1, 0.15) is 12.7 Å². The van der Waals surface area contributed by atoms with E-state index >= 15 is 0 Å². The number of nitrogens with one attached hydrogen (secondary N) is 1. The fraction of sp³-hybridized carbons (Fsp3) is 0.308. The number of benzene rings is 1. The fourth-order valence-electron chi connectivity index (χ4n) is 1.84. The second kappa shape index (κ2) is 5.62. The molecule has 2 rings (SSSR count). The van der Waals surface area contributed by atoms with E-state index in [-0.39, 0.29) is 10.6 Å². The lowest BCUT2D eigenvalue weighted by atomic mass is 10.3. The van der Waals surface area contributed by atoms with Crippen LogP contribution in [0.3, 0.4) is 0 Å². The number of imidazole rings is 1. The molecule has 0 bridgehead atoms. The lowest BCUT2D eigenvalue weighted by Crippen LogP contribution is -2.09. The van der Waals surface area contributed by atoms with E-state index in [0.29, 0.717) is 6.54 Å². The molecule has 0 amide bonds. The van der Waals surface area contributed by atoms with E-state index in [9.17, 15) is 12.8 Å². The molecule has 108 valence electrons. The van der Waals surface area contributed by atoms with Crippen molar-refractivity contribution in [3.05, 3.63) is 42.2 Å². The van der Waals surface area contributed by atoms with Crippen LogP contribution < -0.4 is 5.32 Å². The third-order valence-electron chi connectivity index (χ3n) is 2.95. The molecule has 0 aliphatic carbocycles. The number of aryl methyl sites for hydroxylation is 1. The topological polar surface area (TPSA) is 64.0 Å². The molecule has 2 aromatic rings. The van der Waals surface area contributed by atoms with Crippen LogP contribution in [0.4, 0.5) is 10.1 Å². The summed E-state index contributed by atoms with van der Waals surface area (Å²) >= 11 is 0. The van der Waals surface area contributed by atoms with Crippen molar-refractivity contribution in [3.63, 3.8) is 0 Å². The third kappa shape index (κ3) is 3.16. The number of anilines is 1. The first kappa shape index (κ1) is 14.5. The lowest BCUT2D eigenvalue weighted by molar-refractivity contribution is 0.600. The minimum atomic E-state index is -3.35. The van der Waals surface area contributed by atoms with Gasteiger partial charge >= 0.3 is 0 Å². The summed E-state index contributed by atoms with van der Waals surface area (Å²) in [7, 11) is -3.35. The normalized spacial score (nSPS) is 11.6. The molecule has 0 aliphatic heterocycles. The van der Waals surface area contributed by atoms with Crippen LogP contribution in [0.15, 0.2) is 35.5 Å². The highest BCUT2D eigenvalue weighted by Crippen LogP contribution is 2.20. The molecule has 1 N–H and O–H groups in total. The fourth-order valence-corrected chi connectivity index (χ4v) is 2.49. The number of hydrogen-bond acceptors (Lipinski definition) is 4. The molecule has 0 atom stereocenters. The summed E-state index contributed by atoms with van der Waals surface area (Å²) in [5.74, 6) is 0.267. The summed E-state index contributed by atoms with van der Waals surface area (Å²) in [6, 6.07) is 3.69. The maximum atomic E-state index is 13.7. The SMILES string of the molecule is CCn1ccnc1CNc1cc(S(C)(=O)=O)ccc1F. The van der Waals surface area contributed by atoms with Gasteiger partial charge in [0.2, 0.25) is 0 Å². The standard InChI is InChI=1S/C13H16FN3O2S/c1-3-17-7-6-15-13(17)9-16-12-8-10(20(2,18)19)4-5-11(12)14/h4-8,16H,3,9H2,1-2H3. The average molecular weight is 297 g/mol. The van der Waals surface area contributed by atoms with Gasteiger partial charge in [0.25, 0.3) is 0 Å². The zero-order chi connectivity index (χ0) is 14.8. The van der Waals surface area contributed by atoms with Crippen LogP contribution in [0.25, 0.3) is 0 Å². The largest absolute Gasteiger partial charge is 0.375 e. The first-order valence-corrected chi connectivity index (χ1v) is 8.04. The van der Waals surface area contributed by atoms with Gasteiger partial charge in [-0.3, -0.25) is 0 Å². The van der Waals surface area contributed by atoms with E-state index in [0.717, 1.165) is 24.7 Å². The van der Waals surface area contributed by atoms with Gasteiger partial charge in [-0.05, 0) is 25.1 Å². The van der Waals surface area contributed by atoms with Crippen molar-refractivity contribution >= 4 is 15.5 Å². The van der Waals surface area contributed by atoms with Crippen molar-refractivity contribution in [2.45, 2.75) is 24.9 Å². The van der Waals surface area contributed by atoms with Gasteiger partial charge in [0.15, 0.2) is 9.84 Å². The van der Waals surface area contributed by atoms with Crippen molar-refractivity contribution < 1.29 is 12.8 Å². The number of hydrogen-bond donors (Lipinski definition) is 1. The lowest BCUT2D eigenvalue weighted by Gasteiger charge is -2.10. The van der Waals surface area contributed by atoms with Crippen molar-refractivity contribution in [2.24, 2.45) is 0 Å². The van der Waals surface area contributed by atoms with E-state index in [2.05, 4.69) is 10.3 Å². The van der Waals surface area contributed by atoms with Crippen molar-refractivity contribution in [2.75, 3.05) is 11.6 Å². The first-order valence-electron chi connectivity index (χ1n) is 6.15. The molecule has 1 heterocycles. The Bertz CT molecular complexity index is 710. The van der Waals surface area contributed by atoms with E-state index in [1.54, 1.807) is 6.20 Å². The monoisotopic (exact) mass is 297 g/mol. The number of sulfone groups is 1. The molecule has 7 heteroatoms. The molecule has 1 aromatic heterocycles. The Morgan fingerprint density at radius 2 is 2.15 bits per heavy atom. The van der Waals surface area contributed by atoms with Crippen LogP contribution in [0.2, 0.25) is 0 Å². The molecule has 1 aromatic carbocycles. The van der Waals surface area contributed by atoms with Crippen LogP contribution in [-0.2, 0) is 22.9 Å². The van der Waals surface area contributed by atoms with E-state index in [4.69, 9.17) is 0 Å². The van der Waals surface area contributed by atoms with E-state index in [1.807, 2.05) is 17.7 Å². The zero-order valence-corrected chi connectivity index (χ0v) is 12.1. The zero-order valence-electron chi connectivity index (χ0n) is 11.3. The summed E-state index contributed by atoms with van der Waals surface area (Å²) in [4.78, 5) is 4.25. The molecule has 0 unspecified atom stereocenters. The molecule has 0 radical (unpaired) electrons. The maximum Gasteiger partial charge on any atom is 0.175 e. The Hall–Kier alpha value is -1.89. The smallest absolute Gasteiger partial charge is 0.175 e.